The predicted molar refractivity (Wildman–Crippen MR) is 84.4 cm³/mol. The van der Waals surface area contributed by atoms with Gasteiger partial charge >= 0.3 is 0 Å². The summed E-state index contributed by atoms with van der Waals surface area (Å²) in [7, 11) is 0. The fraction of sp³-hybridized carbons (Fsp3) is 0. The Bertz CT molecular complexity index is 664. The summed E-state index contributed by atoms with van der Waals surface area (Å²) >= 11 is 11.0. The predicted octanol–water partition coefficient (Wildman–Crippen LogP) is 4.06. The number of halogens is 1. The van der Waals surface area contributed by atoms with E-state index in [9.17, 15) is 10.1 Å². The highest BCUT2D eigenvalue weighted by molar-refractivity contribution is 7.80. The molecule has 2 aromatic rings. The molecule has 0 aromatic heterocycles. The largest absolute Gasteiger partial charge is 0.332 e. The normalized spacial score (nSPS) is 9.85. The fourth-order valence-electron chi connectivity index (χ4n) is 1.56. The third-order valence-electron chi connectivity index (χ3n) is 2.40. The van der Waals surface area contributed by atoms with Crippen LogP contribution >= 0.6 is 23.8 Å². The van der Waals surface area contributed by atoms with Crippen molar-refractivity contribution in [2.24, 2.45) is 0 Å². The molecule has 0 saturated carbocycles. The van der Waals surface area contributed by atoms with E-state index in [0.717, 1.165) is 5.69 Å². The summed E-state index contributed by atoms with van der Waals surface area (Å²) in [6, 6.07) is 13.2. The molecular weight excluding hydrogens is 298 g/mol. The molecule has 0 atom stereocenters. The van der Waals surface area contributed by atoms with Crippen molar-refractivity contribution < 1.29 is 4.92 Å². The van der Waals surface area contributed by atoms with Gasteiger partial charge in [-0.2, -0.15) is 0 Å². The lowest BCUT2D eigenvalue weighted by Crippen LogP contribution is -2.19. The van der Waals surface area contributed by atoms with Gasteiger partial charge in [-0.1, -0.05) is 23.7 Å². The topological polar surface area (TPSA) is 67.2 Å². The molecule has 0 spiro atoms. The number of rotatable bonds is 3. The third-order valence-corrected chi connectivity index (χ3v) is 2.84. The van der Waals surface area contributed by atoms with Gasteiger partial charge in [0.1, 0.15) is 0 Å². The van der Waals surface area contributed by atoms with Crippen LogP contribution in [-0.2, 0) is 0 Å². The van der Waals surface area contributed by atoms with Crippen molar-refractivity contribution in [1.82, 2.24) is 0 Å². The zero-order chi connectivity index (χ0) is 14.5. The minimum atomic E-state index is -0.460. The molecule has 2 N–H and O–H groups in total. The number of anilines is 2. The molecule has 2 aromatic carbocycles. The molecular formula is C13H10ClN3O2S. The summed E-state index contributed by atoms with van der Waals surface area (Å²) in [5.74, 6) is 0. The summed E-state index contributed by atoms with van der Waals surface area (Å²) in [5.41, 5.74) is 1.28. The minimum Gasteiger partial charge on any atom is -0.332 e. The van der Waals surface area contributed by atoms with Gasteiger partial charge in [0.25, 0.3) is 5.69 Å². The maximum absolute atomic E-state index is 10.7. The molecule has 2 rings (SSSR count). The summed E-state index contributed by atoms with van der Waals surface area (Å²) in [6.07, 6.45) is 0. The molecule has 7 heteroatoms. The summed E-state index contributed by atoms with van der Waals surface area (Å²) in [5, 5.41) is 17.4. The lowest BCUT2D eigenvalue weighted by atomic mass is 10.3. The van der Waals surface area contributed by atoms with E-state index in [1.54, 1.807) is 30.3 Å². The average Bonchev–Trinajstić information content (AvgIpc) is 2.38. The summed E-state index contributed by atoms with van der Waals surface area (Å²) in [4.78, 5) is 10.2. The molecule has 0 aliphatic rings. The van der Waals surface area contributed by atoms with Gasteiger partial charge < -0.3 is 10.6 Å². The second kappa shape index (κ2) is 6.31. The Kier molecular flexibility index (Phi) is 4.49. The number of nitrogens with one attached hydrogen (secondary N) is 2. The molecule has 0 amide bonds. The SMILES string of the molecule is O=[N+]([O-])c1cccc(NC(=S)Nc2cccc(Cl)c2)c1. The van der Waals surface area contributed by atoms with Crippen LogP contribution < -0.4 is 10.6 Å². The van der Waals surface area contributed by atoms with Crippen LogP contribution in [0.5, 0.6) is 0 Å². The fourth-order valence-corrected chi connectivity index (χ4v) is 1.98. The number of nitro benzene ring substituents is 1. The van der Waals surface area contributed by atoms with Gasteiger partial charge in [0.15, 0.2) is 5.11 Å². The number of thiocarbonyl (C=S) groups is 1. The minimum absolute atomic E-state index is 0.000514. The maximum atomic E-state index is 10.7. The van der Waals surface area contributed by atoms with Gasteiger partial charge in [0, 0.05) is 28.5 Å². The highest BCUT2D eigenvalue weighted by Crippen LogP contribution is 2.18. The van der Waals surface area contributed by atoms with E-state index in [4.69, 9.17) is 23.8 Å². The Morgan fingerprint density at radius 2 is 1.70 bits per heavy atom. The molecule has 0 aliphatic heterocycles. The Morgan fingerprint density at radius 3 is 2.30 bits per heavy atom. The molecule has 0 fully saturated rings. The van der Waals surface area contributed by atoms with Gasteiger partial charge in [-0.25, -0.2) is 0 Å². The van der Waals surface area contributed by atoms with Gasteiger partial charge in [-0.15, -0.1) is 0 Å². The van der Waals surface area contributed by atoms with Crippen LogP contribution in [-0.4, -0.2) is 10.0 Å². The first-order valence-electron chi connectivity index (χ1n) is 5.62. The van der Waals surface area contributed by atoms with E-state index in [-0.39, 0.29) is 5.69 Å². The van der Waals surface area contributed by atoms with Crippen LogP contribution in [0.3, 0.4) is 0 Å². The quantitative estimate of drug-likeness (QED) is 0.508. The first-order chi connectivity index (χ1) is 9.54. The van der Waals surface area contributed by atoms with E-state index in [1.807, 2.05) is 6.07 Å². The smallest absolute Gasteiger partial charge is 0.271 e. The molecule has 0 bridgehead atoms. The van der Waals surface area contributed by atoms with Crippen molar-refractivity contribution >= 4 is 46.0 Å². The molecule has 5 nitrogen and oxygen atoms in total. The second-order valence-electron chi connectivity index (χ2n) is 3.90. The van der Waals surface area contributed by atoms with Crippen LogP contribution in [0, 0.1) is 10.1 Å². The van der Waals surface area contributed by atoms with Crippen molar-refractivity contribution in [1.29, 1.82) is 0 Å². The number of benzene rings is 2. The van der Waals surface area contributed by atoms with Gasteiger partial charge in [-0.05, 0) is 36.5 Å². The zero-order valence-corrected chi connectivity index (χ0v) is 11.7. The molecule has 0 heterocycles. The maximum Gasteiger partial charge on any atom is 0.271 e. The Labute approximate surface area is 125 Å². The number of nitro groups is 1. The Morgan fingerprint density at radius 1 is 1.10 bits per heavy atom. The van der Waals surface area contributed by atoms with Crippen molar-refractivity contribution in [2.45, 2.75) is 0 Å². The average molecular weight is 308 g/mol. The van der Waals surface area contributed by atoms with Gasteiger partial charge in [0.2, 0.25) is 0 Å². The van der Waals surface area contributed by atoms with Crippen LogP contribution in [0.15, 0.2) is 48.5 Å². The molecule has 0 radical (unpaired) electrons. The van der Waals surface area contributed by atoms with Crippen LogP contribution in [0.2, 0.25) is 5.02 Å². The van der Waals surface area contributed by atoms with Crippen molar-refractivity contribution in [3.63, 3.8) is 0 Å². The van der Waals surface area contributed by atoms with E-state index in [2.05, 4.69) is 10.6 Å². The molecule has 0 aliphatic carbocycles. The van der Waals surface area contributed by atoms with E-state index >= 15 is 0 Å². The molecule has 20 heavy (non-hydrogen) atoms. The number of hydrogen-bond acceptors (Lipinski definition) is 3. The van der Waals surface area contributed by atoms with Crippen molar-refractivity contribution in [3.8, 4) is 0 Å². The standard InChI is InChI=1S/C13H10ClN3O2S/c14-9-3-1-4-10(7-9)15-13(20)16-11-5-2-6-12(8-11)17(18)19/h1-8H,(H2,15,16,20). The van der Waals surface area contributed by atoms with E-state index < -0.39 is 4.92 Å². The van der Waals surface area contributed by atoms with Crippen LogP contribution in [0.1, 0.15) is 0 Å². The molecule has 0 unspecified atom stereocenters. The lowest BCUT2D eigenvalue weighted by Gasteiger charge is -2.10. The van der Waals surface area contributed by atoms with Gasteiger partial charge in [-0.3, -0.25) is 10.1 Å². The Hall–Kier alpha value is -2.18. The van der Waals surface area contributed by atoms with Crippen molar-refractivity contribution in [2.75, 3.05) is 10.6 Å². The number of hydrogen-bond donors (Lipinski definition) is 2. The molecule has 0 saturated heterocycles. The van der Waals surface area contributed by atoms with Crippen LogP contribution in [0.4, 0.5) is 17.1 Å². The lowest BCUT2D eigenvalue weighted by molar-refractivity contribution is -0.384. The first kappa shape index (κ1) is 14.2. The number of non-ortho nitro benzene ring substituents is 1. The Balaban J connectivity index is 2.04. The third kappa shape index (κ3) is 3.91. The highest BCUT2D eigenvalue weighted by atomic mass is 35.5. The zero-order valence-electron chi connectivity index (χ0n) is 10.2. The second-order valence-corrected chi connectivity index (χ2v) is 4.74. The number of nitrogens with zero attached hydrogens (tertiary/aromatic N) is 1. The van der Waals surface area contributed by atoms with E-state index in [1.165, 1.54) is 12.1 Å². The molecule has 102 valence electrons. The first-order valence-corrected chi connectivity index (χ1v) is 6.41. The monoisotopic (exact) mass is 307 g/mol. The van der Waals surface area contributed by atoms with Crippen molar-refractivity contribution in [3.05, 3.63) is 63.7 Å². The van der Waals surface area contributed by atoms with Gasteiger partial charge in [0.05, 0.1) is 4.92 Å². The highest BCUT2D eigenvalue weighted by Gasteiger charge is 2.06. The van der Waals surface area contributed by atoms with E-state index in [0.29, 0.717) is 15.8 Å². The summed E-state index contributed by atoms with van der Waals surface area (Å²) in [6.45, 7) is 0. The van der Waals surface area contributed by atoms with Crippen LogP contribution in [0.25, 0.3) is 0 Å². The summed E-state index contributed by atoms with van der Waals surface area (Å²) < 4.78 is 0.